The third kappa shape index (κ3) is 3.51. The van der Waals surface area contributed by atoms with Crippen molar-refractivity contribution in [1.29, 1.82) is 0 Å². The van der Waals surface area contributed by atoms with Gasteiger partial charge in [0.1, 0.15) is 11.5 Å². The number of Topliss-reactive ketones (excluding diaryl/α,β-unsaturated/α-hetero) is 1. The molecule has 0 unspecified atom stereocenters. The van der Waals surface area contributed by atoms with Gasteiger partial charge in [0.05, 0.1) is 23.3 Å². The molecule has 2 aromatic rings. The minimum atomic E-state index is -0.393. The van der Waals surface area contributed by atoms with Crippen LogP contribution in [-0.2, 0) is 11.2 Å². The first-order chi connectivity index (χ1) is 14.2. The summed E-state index contributed by atoms with van der Waals surface area (Å²) in [6, 6.07) is 9.63. The lowest BCUT2D eigenvalue weighted by Gasteiger charge is -2.35. The third-order valence-corrected chi connectivity index (χ3v) is 6.27. The molecule has 0 saturated carbocycles. The molecule has 3 N–H and O–H groups in total. The number of rotatable bonds is 3. The van der Waals surface area contributed by atoms with Gasteiger partial charge in [-0.2, -0.15) is 0 Å². The number of hydrogen-bond donors (Lipinski definition) is 3. The van der Waals surface area contributed by atoms with Crippen molar-refractivity contribution in [2.24, 2.45) is 11.3 Å². The van der Waals surface area contributed by atoms with E-state index in [1.165, 1.54) is 11.1 Å². The standard InChI is InChI=1S/C26H30N2O2/c1-6-8-17-9-7-10-18(25(17)30)24-23-21(13-26(4,5)14-22(23)29)27-19-11-15(2)16(3)12-20(19)28-24/h6-7,9-13,23-24,27-28,30H,1,8,14H2,2-5H3/t23-,24-/m0/s1. The van der Waals surface area contributed by atoms with E-state index < -0.39 is 5.92 Å². The monoisotopic (exact) mass is 402 g/mol. The van der Waals surface area contributed by atoms with Gasteiger partial charge in [-0.15, -0.1) is 6.58 Å². The summed E-state index contributed by atoms with van der Waals surface area (Å²) in [5, 5.41) is 18.2. The van der Waals surface area contributed by atoms with Gasteiger partial charge in [0.15, 0.2) is 0 Å². The highest BCUT2D eigenvalue weighted by Gasteiger charge is 2.42. The molecule has 1 aliphatic heterocycles. The second-order valence-corrected chi connectivity index (χ2v) is 9.29. The van der Waals surface area contributed by atoms with Crippen molar-refractivity contribution in [1.82, 2.24) is 0 Å². The number of ketones is 1. The van der Waals surface area contributed by atoms with Crippen LogP contribution in [0.2, 0.25) is 0 Å². The Kier molecular flexibility index (Phi) is 4.97. The molecular formula is C26H30N2O2. The van der Waals surface area contributed by atoms with Crippen molar-refractivity contribution in [3.63, 3.8) is 0 Å². The van der Waals surface area contributed by atoms with Gasteiger partial charge in [-0.05, 0) is 54.5 Å². The van der Waals surface area contributed by atoms with Crippen molar-refractivity contribution in [2.45, 2.75) is 46.6 Å². The average molecular weight is 403 g/mol. The molecule has 2 atom stereocenters. The summed E-state index contributed by atoms with van der Waals surface area (Å²) in [6.07, 6.45) is 5.01. The molecule has 0 fully saturated rings. The summed E-state index contributed by atoms with van der Waals surface area (Å²) >= 11 is 0. The predicted octanol–water partition coefficient (Wildman–Crippen LogP) is 5.82. The Morgan fingerprint density at radius 3 is 2.60 bits per heavy atom. The topological polar surface area (TPSA) is 61.4 Å². The maximum atomic E-state index is 13.4. The summed E-state index contributed by atoms with van der Waals surface area (Å²) in [5.41, 5.74) is 6.53. The molecule has 4 heteroatoms. The zero-order chi connectivity index (χ0) is 21.6. The van der Waals surface area contributed by atoms with Crippen LogP contribution in [0.25, 0.3) is 0 Å². The number of aromatic hydroxyl groups is 1. The number of carbonyl (C=O) groups excluding carboxylic acids is 1. The van der Waals surface area contributed by atoms with E-state index in [0.29, 0.717) is 12.8 Å². The lowest BCUT2D eigenvalue weighted by Crippen LogP contribution is -2.36. The van der Waals surface area contributed by atoms with Gasteiger partial charge in [-0.3, -0.25) is 4.79 Å². The number of benzene rings is 2. The Balaban J connectivity index is 1.92. The highest BCUT2D eigenvalue weighted by Crippen LogP contribution is 2.47. The van der Waals surface area contributed by atoms with Gasteiger partial charge in [-0.25, -0.2) is 0 Å². The number of allylic oxidation sites excluding steroid dienone is 2. The van der Waals surface area contributed by atoms with Gasteiger partial charge in [0.2, 0.25) is 0 Å². The van der Waals surface area contributed by atoms with Crippen molar-refractivity contribution in [3.05, 3.63) is 77.0 Å². The number of nitrogens with one attached hydrogen (secondary N) is 2. The second kappa shape index (κ2) is 7.35. The van der Waals surface area contributed by atoms with E-state index >= 15 is 0 Å². The SMILES string of the molecule is C=CCc1cccc([C@@H]2Nc3cc(C)c(C)cc3NC3=CC(C)(C)CC(=O)[C@H]32)c1O. The summed E-state index contributed by atoms with van der Waals surface area (Å²) in [5.74, 6) is 0.0207. The Morgan fingerprint density at radius 1 is 1.20 bits per heavy atom. The first-order valence-corrected chi connectivity index (χ1v) is 10.5. The first kappa shape index (κ1) is 20.3. The molecule has 1 heterocycles. The van der Waals surface area contributed by atoms with Crippen LogP contribution in [-0.4, -0.2) is 10.9 Å². The minimum absolute atomic E-state index is 0.178. The fourth-order valence-corrected chi connectivity index (χ4v) is 4.66. The molecule has 0 spiro atoms. The van der Waals surface area contributed by atoms with Crippen LogP contribution in [0.1, 0.15) is 48.6 Å². The zero-order valence-electron chi connectivity index (χ0n) is 18.2. The maximum Gasteiger partial charge on any atom is 0.145 e. The Hall–Kier alpha value is -3.01. The van der Waals surface area contributed by atoms with E-state index in [1.54, 1.807) is 6.08 Å². The number of para-hydroxylation sites is 1. The van der Waals surface area contributed by atoms with Crippen LogP contribution in [0.5, 0.6) is 5.75 Å². The number of aryl methyl sites for hydroxylation is 2. The molecule has 4 rings (SSSR count). The van der Waals surface area contributed by atoms with Crippen LogP contribution in [0.15, 0.2) is 54.8 Å². The van der Waals surface area contributed by atoms with Crippen molar-refractivity contribution < 1.29 is 9.90 Å². The van der Waals surface area contributed by atoms with Crippen molar-refractivity contribution >= 4 is 17.2 Å². The largest absolute Gasteiger partial charge is 0.507 e. The molecule has 1 aliphatic carbocycles. The van der Waals surface area contributed by atoms with Gasteiger partial charge < -0.3 is 15.7 Å². The first-order valence-electron chi connectivity index (χ1n) is 10.5. The van der Waals surface area contributed by atoms with Gasteiger partial charge in [0, 0.05) is 17.7 Å². The molecule has 0 radical (unpaired) electrons. The molecule has 0 amide bonds. The molecule has 2 aromatic carbocycles. The van der Waals surface area contributed by atoms with Crippen LogP contribution in [0.4, 0.5) is 11.4 Å². The van der Waals surface area contributed by atoms with Crippen molar-refractivity contribution in [2.75, 3.05) is 10.6 Å². The van der Waals surface area contributed by atoms with Gasteiger partial charge >= 0.3 is 0 Å². The zero-order valence-corrected chi connectivity index (χ0v) is 18.2. The lowest BCUT2D eigenvalue weighted by atomic mass is 9.72. The highest BCUT2D eigenvalue weighted by molar-refractivity contribution is 5.90. The number of fused-ring (bicyclic) bond motifs is 2. The van der Waals surface area contributed by atoms with Crippen LogP contribution in [0, 0.1) is 25.2 Å². The maximum absolute atomic E-state index is 13.4. The predicted molar refractivity (Wildman–Crippen MR) is 123 cm³/mol. The summed E-state index contributed by atoms with van der Waals surface area (Å²) in [4.78, 5) is 13.4. The molecule has 4 nitrogen and oxygen atoms in total. The van der Waals surface area contributed by atoms with Crippen LogP contribution >= 0.6 is 0 Å². The van der Waals surface area contributed by atoms with E-state index in [2.05, 4.69) is 63.1 Å². The van der Waals surface area contributed by atoms with E-state index in [0.717, 1.165) is 28.2 Å². The second-order valence-electron chi connectivity index (χ2n) is 9.29. The fourth-order valence-electron chi connectivity index (χ4n) is 4.66. The minimum Gasteiger partial charge on any atom is -0.507 e. The number of phenolic OH excluding ortho intramolecular Hbond substituents is 1. The number of hydrogen-bond acceptors (Lipinski definition) is 4. The quantitative estimate of drug-likeness (QED) is 0.567. The van der Waals surface area contributed by atoms with E-state index in [9.17, 15) is 9.90 Å². The third-order valence-electron chi connectivity index (χ3n) is 6.27. The normalized spacial score (nSPS) is 22.0. The number of anilines is 2. The summed E-state index contributed by atoms with van der Waals surface area (Å²) in [7, 11) is 0. The molecule has 0 bridgehead atoms. The Labute approximate surface area is 178 Å². The van der Waals surface area contributed by atoms with Gasteiger partial charge in [0.25, 0.3) is 0 Å². The molecule has 0 aromatic heterocycles. The van der Waals surface area contributed by atoms with Gasteiger partial charge in [-0.1, -0.05) is 44.2 Å². The molecule has 0 saturated heterocycles. The molecule has 156 valence electrons. The summed E-state index contributed by atoms with van der Waals surface area (Å²) in [6.45, 7) is 12.1. The smallest absolute Gasteiger partial charge is 0.145 e. The van der Waals surface area contributed by atoms with Crippen LogP contribution < -0.4 is 10.6 Å². The lowest BCUT2D eigenvalue weighted by molar-refractivity contribution is -0.124. The number of phenols is 1. The van der Waals surface area contributed by atoms with E-state index in [4.69, 9.17) is 0 Å². The molecule has 2 aliphatic rings. The number of carbonyl (C=O) groups is 1. The average Bonchev–Trinajstić information content (AvgIpc) is 2.79. The molecule has 30 heavy (non-hydrogen) atoms. The fraction of sp³-hybridized carbons (Fsp3) is 0.346. The van der Waals surface area contributed by atoms with Crippen LogP contribution in [0.3, 0.4) is 0 Å². The van der Waals surface area contributed by atoms with E-state index in [1.807, 2.05) is 18.2 Å². The highest BCUT2D eigenvalue weighted by atomic mass is 16.3. The Morgan fingerprint density at radius 2 is 1.90 bits per heavy atom. The Bertz CT molecular complexity index is 1060. The van der Waals surface area contributed by atoms with Crippen molar-refractivity contribution in [3.8, 4) is 5.75 Å². The van der Waals surface area contributed by atoms with E-state index in [-0.39, 0.29) is 23.0 Å². The molecular weight excluding hydrogens is 372 g/mol. The summed E-state index contributed by atoms with van der Waals surface area (Å²) < 4.78 is 0.